The first kappa shape index (κ1) is 16.0. The third-order valence-corrected chi connectivity index (χ3v) is 2.78. The zero-order chi connectivity index (χ0) is 14.3. The lowest BCUT2D eigenvalue weighted by Crippen LogP contribution is -2.36. The second kappa shape index (κ2) is 8.18. The maximum absolute atomic E-state index is 6.01. The van der Waals surface area contributed by atoms with E-state index in [1.54, 1.807) is 7.11 Å². The third kappa shape index (κ3) is 6.60. The predicted molar refractivity (Wildman–Crippen MR) is 79.9 cm³/mol. The second-order valence-electron chi connectivity index (χ2n) is 5.57. The molecule has 0 aliphatic carbocycles. The van der Waals surface area contributed by atoms with Gasteiger partial charge in [0.1, 0.15) is 11.9 Å². The molecule has 108 valence electrons. The van der Waals surface area contributed by atoms with Gasteiger partial charge in [-0.3, -0.25) is 0 Å². The van der Waals surface area contributed by atoms with Crippen molar-refractivity contribution in [2.24, 2.45) is 5.92 Å². The second-order valence-corrected chi connectivity index (χ2v) is 5.57. The van der Waals surface area contributed by atoms with Gasteiger partial charge in [-0.15, -0.1) is 0 Å². The van der Waals surface area contributed by atoms with Crippen LogP contribution in [0.15, 0.2) is 18.2 Å². The van der Waals surface area contributed by atoms with Crippen molar-refractivity contribution < 1.29 is 9.47 Å². The van der Waals surface area contributed by atoms with E-state index in [-0.39, 0.29) is 6.10 Å². The van der Waals surface area contributed by atoms with Gasteiger partial charge in [-0.05, 0) is 49.6 Å². The van der Waals surface area contributed by atoms with Crippen LogP contribution in [0.1, 0.15) is 25.0 Å². The molecular formula is C16H27NO2. The Labute approximate surface area is 117 Å². The van der Waals surface area contributed by atoms with Crippen LogP contribution in [0, 0.1) is 19.8 Å². The Morgan fingerprint density at radius 2 is 1.68 bits per heavy atom. The minimum absolute atomic E-state index is 0.0462. The molecule has 0 aliphatic rings. The summed E-state index contributed by atoms with van der Waals surface area (Å²) in [5.74, 6) is 1.57. The van der Waals surface area contributed by atoms with Gasteiger partial charge in [-0.25, -0.2) is 0 Å². The van der Waals surface area contributed by atoms with Crippen molar-refractivity contribution in [2.45, 2.75) is 33.8 Å². The highest BCUT2D eigenvalue weighted by molar-refractivity contribution is 5.33. The zero-order valence-corrected chi connectivity index (χ0v) is 12.8. The fraction of sp³-hybridized carbons (Fsp3) is 0.625. The summed E-state index contributed by atoms with van der Waals surface area (Å²) >= 11 is 0. The van der Waals surface area contributed by atoms with Gasteiger partial charge in [0.15, 0.2) is 0 Å². The van der Waals surface area contributed by atoms with Crippen molar-refractivity contribution in [2.75, 3.05) is 26.8 Å². The lowest BCUT2D eigenvalue weighted by atomic mass is 10.1. The van der Waals surface area contributed by atoms with E-state index in [0.717, 1.165) is 18.8 Å². The first-order valence-electron chi connectivity index (χ1n) is 6.96. The molecule has 0 bridgehead atoms. The molecule has 1 unspecified atom stereocenters. The van der Waals surface area contributed by atoms with Crippen LogP contribution in [0.3, 0.4) is 0 Å². The standard InChI is InChI=1S/C16H27NO2/c1-12(2)9-17-10-16(11-18-5)19-15-7-13(3)6-14(4)8-15/h6-8,12,16-17H,9-11H2,1-5H3. The number of hydrogen-bond acceptors (Lipinski definition) is 3. The van der Waals surface area contributed by atoms with E-state index < -0.39 is 0 Å². The number of methoxy groups -OCH3 is 1. The van der Waals surface area contributed by atoms with Crippen LogP contribution in [0.4, 0.5) is 0 Å². The average molecular weight is 265 g/mol. The van der Waals surface area contributed by atoms with Gasteiger partial charge in [0.05, 0.1) is 6.61 Å². The fourth-order valence-corrected chi connectivity index (χ4v) is 2.05. The third-order valence-electron chi connectivity index (χ3n) is 2.78. The van der Waals surface area contributed by atoms with E-state index in [0.29, 0.717) is 12.5 Å². The first-order chi connectivity index (χ1) is 9.01. The molecule has 0 radical (unpaired) electrons. The molecule has 0 aromatic heterocycles. The largest absolute Gasteiger partial charge is 0.487 e. The Hall–Kier alpha value is -1.06. The number of hydrogen-bond donors (Lipinski definition) is 1. The van der Waals surface area contributed by atoms with Gasteiger partial charge in [0.25, 0.3) is 0 Å². The molecule has 0 saturated heterocycles. The number of aryl methyl sites for hydroxylation is 2. The van der Waals surface area contributed by atoms with Gasteiger partial charge < -0.3 is 14.8 Å². The predicted octanol–water partition coefficient (Wildman–Crippen LogP) is 2.94. The number of ether oxygens (including phenoxy) is 2. The lowest BCUT2D eigenvalue weighted by molar-refractivity contribution is 0.0801. The minimum atomic E-state index is 0.0462. The van der Waals surface area contributed by atoms with E-state index in [1.807, 2.05) is 0 Å². The maximum Gasteiger partial charge on any atom is 0.134 e. The minimum Gasteiger partial charge on any atom is -0.487 e. The summed E-state index contributed by atoms with van der Waals surface area (Å²) in [6.07, 6.45) is 0.0462. The van der Waals surface area contributed by atoms with Crippen LogP contribution in [0.5, 0.6) is 5.75 Å². The summed E-state index contributed by atoms with van der Waals surface area (Å²) in [6, 6.07) is 6.28. The summed E-state index contributed by atoms with van der Waals surface area (Å²) < 4.78 is 11.2. The molecule has 3 nitrogen and oxygen atoms in total. The van der Waals surface area contributed by atoms with Gasteiger partial charge in [0.2, 0.25) is 0 Å². The first-order valence-corrected chi connectivity index (χ1v) is 6.96. The molecule has 0 aliphatic heterocycles. The van der Waals surface area contributed by atoms with Crippen LogP contribution >= 0.6 is 0 Å². The number of benzene rings is 1. The Balaban J connectivity index is 2.56. The molecule has 1 aromatic carbocycles. The monoisotopic (exact) mass is 265 g/mol. The molecule has 0 heterocycles. The quantitative estimate of drug-likeness (QED) is 0.784. The van der Waals surface area contributed by atoms with Crippen molar-refractivity contribution in [3.05, 3.63) is 29.3 Å². The molecule has 19 heavy (non-hydrogen) atoms. The molecule has 1 N–H and O–H groups in total. The van der Waals surface area contributed by atoms with Crippen molar-refractivity contribution in [1.82, 2.24) is 5.32 Å². The Bertz CT molecular complexity index is 357. The van der Waals surface area contributed by atoms with Crippen LogP contribution in [-0.2, 0) is 4.74 Å². The molecule has 1 atom stereocenters. The molecule has 1 aromatic rings. The van der Waals surface area contributed by atoms with Gasteiger partial charge in [-0.1, -0.05) is 19.9 Å². The average Bonchev–Trinajstić information content (AvgIpc) is 2.27. The SMILES string of the molecule is COCC(CNCC(C)C)Oc1cc(C)cc(C)c1. The molecule has 1 rings (SSSR count). The van der Waals surface area contributed by atoms with Crippen molar-refractivity contribution in [3.8, 4) is 5.75 Å². The molecule has 0 saturated carbocycles. The molecule has 0 spiro atoms. The fourth-order valence-electron chi connectivity index (χ4n) is 2.05. The molecule has 0 fully saturated rings. The Kier molecular flexibility index (Phi) is 6.89. The highest BCUT2D eigenvalue weighted by Gasteiger charge is 2.11. The summed E-state index contributed by atoms with van der Waals surface area (Å²) in [6.45, 7) is 11.0. The maximum atomic E-state index is 6.01. The molecule has 0 amide bonds. The Morgan fingerprint density at radius 3 is 2.21 bits per heavy atom. The van der Waals surface area contributed by atoms with E-state index in [9.17, 15) is 0 Å². The highest BCUT2D eigenvalue weighted by Crippen LogP contribution is 2.17. The van der Waals surface area contributed by atoms with Crippen LogP contribution in [0.2, 0.25) is 0 Å². The highest BCUT2D eigenvalue weighted by atomic mass is 16.5. The van der Waals surface area contributed by atoms with E-state index >= 15 is 0 Å². The van der Waals surface area contributed by atoms with Gasteiger partial charge in [-0.2, -0.15) is 0 Å². The summed E-state index contributed by atoms with van der Waals surface area (Å²) in [7, 11) is 1.71. The molecule has 3 heteroatoms. The number of nitrogens with one attached hydrogen (secondary N) is 1. The zero-order valence-electron chi connectivity index (χ0n) is 12.8. The van der Waals surface area contributed by atoms with Crippen LogP contribution in [0.25, 0.3) is 0 Å². The van der Waals surface area contributed by atoms with Crippen LogP contribution < -0.4 is 10.1 Å². The number of rotatable bonds is 8. The van der Waals surface area contributed by atoms with E-state index in [1.165, 1.54) is 11.1 Å². The van der Waals surface area contributed by atoms with Crippen molar-refractivity contribution >= 4 is 0 Å². The van der Waals surface area contributed by atoms with E-state index in [4.69, 9.17) is 9.47 Å². The lowest BCUT2D eigenvalue weighted by Gasteiger charge is -2.20. The van der Waals surface area contributed by atoms with Gasteiger partial charge >= 0.3 is 0 Å². The molecular weight excluding hydrogens is 238 g/mol. The summed E-state index contributed by atoms with van der Waals surface area (Å²) in [5.41, 5.74) is 2.45. The Morgan fingerprint density at radius 1 is 1.05 bits per heavy atom. The van der Waals surface area contributed by atoms with Crippen molar-refractivity contribution in [1.29, 1.82) is 0 Å². The summed E-state index contributed by atoms with van der Waals surface area (Å²) in [5, 5.41) is 3.41. The smallest absolute Gasteiger partial charge is 0.134 e. The van der Waals surface area contributed by atoms with Crippen molar-refractivity contribution in [3.63, 3.8) is 0 Å². The van der Waals surface area contributed by atoms with Gasteiger partial charge in [0, 0.05) is 13.7 Å². The summed E-state index contributed by atoms with van der Waals surface area (Å²) in [4.78, 5) is 0. The van der Waals surface area contributed by atoms with E-state index in [2.05, 4.69) is 51.2 Å². The normalized spacial score (nSPS) is 12.7. The topological polar surface area (TPSA) is 30.5 Å². The van der Waals surface area contributed by atoms with Crippen LogP contribution in [-0.4, -0.2) is 32.9 Å².